The van der Waals surface area contributed by atoms with Crippen molar-refractivity contribution >= 4 is 34.4 Å². The molecule has 0 radical (unpaired) electrons. The molecule has 0 saturated heterocycles. The number of methoxy groups -OCH3 is 1. The van der Waals surface area contributed by atoms with Gasteiger partial charge < -0.3 is 15.4 Å². The molecule has 0 fully saturated rings. The Kier molecular flexibility index (Phi) is 4.78. The lowest BCUT2D eigenvalue weighted by Crippen LogP contribution is -2.11. The summed E-state index contributed by atoms with van der Waals surface area (Å²) in [4.78, 5) is 7.38. The van der Waals surface area contributed by atoms with Crippen LogP contribution in [0.15, 0.2) is 48.9 Å². The van der Waals surface area contributed by atoms with E-state index < -0.39 is 0 Å². The van der Waals surface area contributed by atoms with Crippen molar-refractivity contribution in [1.82, 2.24) is 28.8 Å². The molecule has 2 N–H and O–H groups in total. The van der Waals surface area contributed by atoms with E-state index in [9.17, 15) is 0 Å². The van der Waals surface area contributed by atoms with Gasteiger partial charge in [-0.05, 0) is 54.4 Å². The molecule has 0 aliphatic rings. The highest BCUT2D eigenvalue weighted by molar-refractivity contribution is 7.06. The summed E-state index contributed by atoms with van der Waals surface area (Å²) in [6.45, 7) is 2.04. The van der Waals surface area contributed by atoms with E-state index in [2.05, 4.69) is 25.6 Å². The zero-order chi connectivity index (χ0) is 22.4. The molecule has 10 heteroatoms. The minimum Gasteiger partial charge on any atom is -0.495 e. The molecular weight excluding hydrogens is 424 g/mol. The third kappa shape index (κ3) is 3.25. The summed E-state index contributed by atoms with van der Waals surface area (Å²) in [6, 6.07) is 12.1. The lowest BCUT2D eigenvalue weighted by molar-refractivity contribution is 0.416. The van der Waals surface area contributed by atoms with Gasteiger partial charge >= 0.3 is 0 Å². The van der Waals surface area contributed by atoms with Crippen LogP contribution in [0.1, 0.15) is 4.88 Å². The van der Waals surface area contributed by atoms with Gasteiger partial charge in [0.25, 0.3) is 0 Å². The normalized spacial score (nSPS) is 11.2. The highest BCUT2D eigenvalue weighted by Crippen LogP contribution is 2.39. The van der Waals surface area contributed by atoms with Crippen molar-refractivity contribution in [3.63, 3.8) is 0 Å². The lowest BCUT2D eigenvalue weighted by atomic mass is 10.0. The topological polar surface area (TPSA) is 99.4 Å². The molecule has 4 aromatic heterocycles. The van der Waals surface area contributed by atoms with Gasteiger partial charge in [0.1, 0.15) is 29.1 Å². The first-order chi connectivity index (χ1) is 15.5. The minimum absolute atomic E-state index is 0.398. The maximum atomic E-state index is 6.27. The van der Waals surface area contributed by atoms with Crippen molar-refractivity contribution in [3.8, 4) is 28.3 Å². The summed E-state index contributed by atoms with van der Waals surface area (Å²) in [6.07, 6.45) is 3.35. The molecule has 32 heavy (non-hydrogen) atoms. The number of nitrogens with two attached hydrogens (primary N) is 1. The van der Waals surface area contributed by atoms with Crippen LogP contribution in [-0.2, 0) is 7.05 Å². The Morgan fingerprint density at radius 2 is 2.00 bits per heavy atom. The number of aryl methyl sites for hydroxylation is 2. The zero-order valence-electron chi connectivity index (χ0n) is 18.1. The quantitative estimate of drug-likeness (QED) is 0.437. The molecule has 0 aliphatic heterocycles. The molecule has 162 valence electrons. The Labute approximate surface area is 188 Å². The average Bonchev–Trinajstić information content (AvgIpc) is 3.51. The van der Waals surface area contributed by atoms with Crippen molar-refractivity contribution in [2.75, 3.05) is 24.8 Å². The van der Waals surface area contributed by atoms with Crippen LogP contribution >= 0.6 is 11.5 Å². The molecule has 5 aromatic rings. The Morgan fingerprint density at radius 1 is 1.16 bits per heavy atom. The van der Waals surface area contributed by atoms with E-state index in [1.54, 1.807) is 16.3 Å². The molecule has 4 heterocycles. The number of nitrogen functional groups attached to an aromatic ring is 1. The van der Waals surface area contributed by atoms with Crippen molar-refractivity contribution in [2.24, 2.45) is 7.05 Å². The SMILES string of the molecule is COc1cc(-c2cc(-c3ccn(C)n3)n3ncnc(N)c23)ccc1N(C)c1cc(C)sn1. The standard InChI is InChI=1S/C22H22N8OS/c1-13-9-20(27-32-13)29(3)17-6-5-14(10-19(17)31-4)15-11-18(16-7-8-28(2)26-16)30-21(15)22(23)24-12-25-30/h5-12H,1-4H3,(H2,23,24,25). The highest BCUT2D eigenvalue weighted by atomic mass is 32.1. The van der Waals surface area contributed by atoms with E-state index in [-0.39, 0.29) is 0 Å². The van der Waals surface area contributed by atoms with Gasteiger partial charge in [0, 0.05) is 30.7 Å². The second-order valence-electron chi connectivity index (χ2n) is 7.46. The fourth-order valence-corrected chi connectivity index (χ4v) is 4.35. The minimum atomic E-state index is 0.398. The summed E-state index contributed by atoms with van der Waals surface area (Å²) < 4.78 is 13.8. The van der Waals surface area contributed by atoms with E-state index in [1.807, 2.05) is 62.4 Å². The van der Waals surface area contributed by atoms with E-state index in [4.69, 9.17) is 10.5 Å². The Morgan fingerprint density at radius 3 is 2.69 bits per heavy atom. The van der Waals surface area contributed by atoms with Crippen LogP contribution in [0, 0.1) is 6.92 Å². The largest absolute Gasteiger partial charge is 0.495 e. The van der Waals surface area contributed by atoms with Gasteiger partial charge in [-0.25, -0.2) is 9.50 Å². The molecule has 0 atom stereocenters. The van der Waals surface area contributed by atoms with E-state index >= 15 is 0 Å². The zero-order valence-corrected chi connectivity index (χ0v) is 19.0. The van der Waals surface area contributed by atoms with Gasteiger partial charge in [-0.15, -0.1) is 0 Å². The second-order valence-corrected chi connectivity index (χ2v) is 8.47. The maximum absolute atomic E-state index is 6.27. The van der Waals surface area contributed by atoms with Gasteiger partial charge in [-0.2, -0.15) is 14.6 Å². The van der Waals surface area contributed by atoms with E-state index in [1.165, 1.54) is 17.9 Å². The average molecular weight is 447 g/mol. The monoisotopic (exact) mass is 446 g/mol. The Hall–Kier alpha value is -3.92. The molecule has 0 spiro atoms. The van der Waals surface area contributed by atoms with Crippen molar-refractivity contribution in [2.45, 2.75) is 6.92 Å². The highest BCUT2D eigenvalue weighted by Gasteiger charge is 2.20. The smallest absolute Gasteiger partial charge is 0.152 e. The predicted octanol–water partition coefficient (Wildman–Crippen LogP) is 3.92. The van der Waals surface area contributed by atoms with Crippen LogP contribution in [0.2, 0.25) is 0 Å². The maximum Gasteiger partial charge on any atom is 0.152 e. The third-order valence-corrected chi connectivity index (χ3v) is 6.05. The van der Waals surface area contributed by atoms with Crippen molar-refractivity contribution in [3.05, 3.63) is 53.8 Å². The number of nitrogens with zero attached hydrogens (tertiary/aromatic N) is 7. The Balaban J connectivity index is 1.66. The van der Waals surface area contributed by atoms with Crippen LogP contribution in [-0.4, -0.2) is 42.9 Å². The first-order valence-electron chi connectivity index (χ1n) is 9.94. The molecular formula is C22H22N8OS. The van der Waals surface area contributed by atoms with Crippen LogP contribution in [0.3, 0.4) is 0 Å². The molecule has 0 amide bonds. The van der Waals surface area contributed by atoms with Gasteiger partial charge in [0.05, 0.1) is 18.5 Å². The number of rotatable bonds is 5. The fourth-order valence-electron chi connectivity index (χ4n) is 3.78. The number of benzene rings is 1. The van der Waals surface area contributed by atoms with Crippen LogP contribution in [0.4, 0.5) is 17.3 Å². The number of hydrogen-bond acceptors (Lipinski definition) is 8. The van der Waals surface area contributed by atoms with E-state index in [0.717, 1.165) is 50.2 Å². The number of ether oxygens (including phenoxy) is 1. The molecule has 9 nitrogen and oxygen atoms in total. The van der Waals surface area contributed by atoms with Crippen LogP contribution in [0.25, 0.3) is 28.0 Å². The summed E-state index contributed by atoms with van der Waals surface area (Å²) in [5.41, 5.74) is 11.4. The number of hydrogen-bond donors (Lipinski definition) is 1. The summed E-state index contributed by atoms with van der Waals surface area (Å²) >= 11 is 1.48. The first-order valence-corrected chi connectivity index (χ1v) is 10.7. The van der Waals surface area contributed by atoms with Crippen LogP contribution < -0.4 is 15.4 Å². The van der Waals surface area contributed by atoms with E-state index in [0.29, 0.717) is 5.82 Å². The van der Waals surface area contributed by atoms with Crippen molar-refractivity contribution in [1.29, 1.82) is 0 Å². The summed E-state index contributed by atoms with van der Waals surface area (Å²) in [5, 5.41) is 8.97. The molecule has 0 unspecified atom stereocenters. The second kappa shape index (κ2) is 7.65. The fraction of sp³-hybridized carbons (Fsp3) is 0.182. The lowest BCUT2D eigenvalue weighted by Gasteiger charge is -2.20. The van der Waals surface area contributed by atoms with Crippen molar-refractivity contribution < 1.29 is 4.74 Å². The third-order valence-electron chi connectivity index (χ3n) is 5.37. The molecule has 0 aliphatic carbocycles. The molecule has 5 rings (SSSR count). The Bertz CT molecular complexity index is 1430. The van der Waals surface area contributed by atoms with Gasteiger partial charge in [0.2, 0.25) is 0 Å². The molecule has 1 aromatic carbocycles. The van der Waals surface area contributed by atoms with Gasteiger partial charge in [0.15, 0.2) is 5.82 Å². The summed E-state index contributed by atoms with van der Waals surface area (Å²) in [7, 11) is 5.52. The molecule has 0 bridgehead atoms. The molecule has 0 saturated carbocycles. The number of anilines is 3. The predicted molar refractivity (Wildman–Crippen MR) is 127 cm³/mol. The number of fused-ring (bicyclic) bond motifs is 1. The first kappa shape index (κ1) is 20.0. The summed E-state index contributed by atoms with van der Waals surface area (Å²) in [5.74, 6) is 2.00. The van der Waals surface area contributed by atoms with Gasteiger partial charge in [-0.3, -0.25) is 4.68 Å². The number of aromatic nitrogens is 6. The van der Waals surface area contributed by atoms with Gasteiger partial charge in [-0.1, -0.05) is 6.07 Å². The van der Waals surface area contributed by atoms with Crippen LogP contribution in [0.5, 0.6) is 5.75 Å².